The largest absolute Gasteiger partial charge is 0.455 e. The van der Waals surface area contributed by atoms with Crippen molar-refractivity contribution in [3.8, 4) is 0 Å². The number of nitrogens with zero attached hydrogens (tertiary/aromatic N) is 2. The number of hydrogen-bond acceptors (Lipinski definition) is 7. The highest BCUT2D eigenvalue weighted by atomic mass is 16.6. The predicted molar refractivity (Wildman–Crippen MR) is 173 cm³/mol. The van der Waals surface area contributed by atoms with Crippen LogP contribution >= 0.6 is 0 Å². The maximum absolute atomic E-state index is 14.6. The van der Waals surface area contributed by atoms with Gasteiger partial charge in [-0.05, 0) is 30.4 Å². The molecule has 2 N–H and O–H groups in total. The van der Waals surface area contributed by atoms with Gasteiger partial charge >= 0.3 is 5.97 Å². The molecular formula is C37H43N3O7. The highest BCUT2D eigenvalue weighted by Crippen LogP contribution is 2.53. The lowest BCUT2D eigenvalue weighted by Crippen LogP contribution is -2.55. The molecule has 6 rings (SSSR count). The molecule has 4 aliphatic rings. The molecule has 47 heavy (non-hydrogen) atoms. The number of hydrogen-bond donors (Lipinski definition) is 2. The number of aliphatic hydroxyl groups excluding tert-OH is 1. The zero-order chi connectivity index (χ0) is 32.8. The van der Waals surface area contributed by atoms with E-state index in [9.17, 15) is 24.3 Å². The molecule has 4 heterocycles. The Morgan fingerprint density at radius 3 is 2.40 bits per heavy atom. The number of allylic oxidation sites excluding steroid dienone is 1. The molecule has 3 amide bonds. The van der Waals surface area contributed by atoms with Gasteiger partial charge in [0, 0.05) is 32.7 Å². The van der Waals surface area contributed by atoms with Crippen LogP contribution in [0.1, 0.15) is 55.8 Å². The molecule has 10 heteroatoms. The highest BCUT2D eigenvalue weighted by Gasteiger charge is 2.71. The van der Waals surface area contributed by atoms with E-state index in [2.05, 4.69) is 5.32 Å². The highest BCUT2D eigenvalue weighted by molar-refractivity contribution is 5.99. The Morgan fingerprint density at radius 1 is 0.894 bits per heavy atom. The molecular weight excluding hydrogens is 598 g/mol. The van der Waals surface area contributed by atoms with Gasteiger partial charge in [-0.3, -0.25) is 19.2 Å². The minimum Gasteiger partial charge on any atom is -0.455 e. The van der Waals surface area contributed by atoms with E-state index in [0.29, 0.717) is 38.9 Å². The lowest BCUT2D eigenvalue weighted by molar-refractivity contribution is -0.160. The summed E-state index contributed by atoms with van der Waals surface area (Å²) < 4.78 is 12.9. The monoisotopic (exact) mass is 641 g/mol. The van der Waals surface area contributed by atoms with E-state index in [1.807, 2.05) is 72.8 Å². The fourth-order valence-corrected chi connectivity index (χ4v) is 7.39. The van der Waals surface area contributed by atoms with Crippen LogP contribution in [0.4, 0.5) is 0 Å². The van der Waals surface area contributed by atoms with Crippen LogP contribution in [-0.4, -0.2) is 82.6 Å². The molecule has 2 fully saturated rings. The molecule has 0 aliphatic carbocycles. The van der Waals surface area contributed by atoms with Gasteiger partial charge in [-0.1, -0.05) is 97.8 Å². The molecule has 6 atom stereocenters. The third-order valence-corrected chi connectivity index (χ3v) is 9.65. The van der Waals surface area contributed by atoms with Crippen molar-refractivity contribution < 1.29 is 33.8 Å². The zero-order valence-corrected chi connectivity index (χ0v) is 26.5. The van der Waals surface area contributed by atoms with Crippen LogP contribution in [0.2, 0.25) is 0 Å². The van der Waals surface area contributed by atoms with Crippen molar-refractivity contribution in [2.24, 2.45) is 11.8 Å². The summed E-state index contributed by atoms with van der Waals surface area (Å²) in [7, 11) is 0. The van der Waals surface area contributed by atoms with Crippen LogP contribution in [0.25, 0.3) is 0 Å². The number of cyclic esters (lactones) is 1. The second-order valence-corrected chi connectivity index (χ2v) is 12.7. The van der Waals surface area contributed by atoms with Crippen molar-refractivity contribution >= 4 is 23.7 Å². The van der Waals surface area contributed by atoms with E-state index in [-0.39, 0.29) is 37.3 Å². The molecule has 2 saturated heterocycles. The first kappa shape index (κ1) is 32.7. The number of carbonyl (C=O) groups is 4. The zero-order valence-electron chi connectivity index (χ0n) is 26.5. The van der Waals surface area contributed by atoms with Crippen molar-refractivity contribution in [2.45, 2.75) is 68.9 Å². The van der Waals surface area contributed by atoms with Gasteiger partial charge < -0.3 is 29.7 Å². The molecule has 2 aromatic carbocycles. The first-order valence-electron chi connectivity index (χ1n) is 16.7. The standard InChI is InChI=1S/C37H43N3O7/c41-23-12-2-1-11-22-40-33-35(44)39(25-26-14-5-3-6-15-26)21-13-20-37(33)32(34(40)43)31-28(47-37)18-9-10-19-30(42)38-24-29(46-36(31)45)27-16-7-4-8-17-27/h3-9,13-18,20,28-29,31-33,41H,1-2,10-12,19,21-25H2,(H,38,42)/b18-9-/t28-,29+,31+,32+,33-,37+/m0/s1. The Labute approximate surface area is 275 Å². The van der Waals surface area contributed by atoms with E-state index < -0.39 is 41.7 Å². The third-order valence-electron chi connectivity index (χ3n) is 9.65. The van der Waals surface area contributed by atoms with Gasteiger partial charge in [0.05, 0.1) is 18.6 Å². The maximum atomic E-state index is 14.6. The second-order valence-electron chi connectivity index (χ2n) is 12.7. The SMILES string of the molecule is O=C1CC/C=C\[C@@H]2O[C@@]34C=CCN(Cc5ccccc5)C(=O)[C@@H]3N(CCCCCCO)C(=O)[C@H]4[C@@H]2C(=O)O[C@@H](c2ccccc2)CN1. The summed E-state index contributed by atoms with van der Waals surface area (Å²) in [6.07, 6.45) is 9.26. The van der Waals surface area contributed by atoms with Crippen molar-refractivity contribution in [3.05, 3.63) is 96.1 Å². The second kappa shape index (κ2) is 14.6. The minimum absolute atomic E-state index is 0.0930. The Balaban J connectivity index is 1.37. The Morgan fingerprint density at radius 2 is 1.64 bits per heavy atom. The number of likely N-dealkylation sites (tertiary alicyclic amines) is 1. The van der Waals surface area contributed by atoms with Crippen molar-refractivity contribution in [1.29, 1.82) is 0 Å². The summed E-state index contributed by atoms with van der Waals surface area (Å²) in [6.45, 7) is 1.23. The Bertz CT molecular complexity index is 1500. The third kappa shape index (κ3) is 6.75. The summed E-state index contributed by atoms with van der Waals surface area (Å²) in [5, 5.41) is 12.1. The number of esters is 1. The number of aliphatic hydroxyl groups is 1. The number of nitrogens with one attached hydrogen (secondary N) is 1. The smallest absolute Gasteiger partial charge is 0.313 e. The van der Waals surface area contributed by atoms with Crippen LogP contribution in [0.5, 0.6) is 0 Å². The normalized spacial score (nSPS) is 29.9. The molecule has 248 valence electrons. The van der Waals surface area contributed by atoms with E-state index in [4.69, 9.17) is 9.47 Å². The van der Waals surface area contributed by atoms with E-state index >= 15 is 0 Å². The van der Waals surface area contributed by atoms with Gasteiger partial charge in [0.2, 0.25) is 17.7 Å². The van der Waals surface area contributed by atoms with E-state index in [1.54, 1.807) is 22.0 Å². The molecule has 1 spiro atoms. The fraction of sp³-hybridized carbons (Fsp3) is 0.459. The Kier molecular flexibility index (Phi) is 10.2. The molecule has 0 radical (unpaired) electrons. The topological polar surface area (TPSA) is 125 Å². The van der Waals surface area contributed by atoms with Gasteiger partial charge in [0.15, 0.2) is 0 Å². The molecule has 2 aromatic rings. The van der Waals surface area contributed by atoms with Crippen LogP contribution in [0, 0.1) is 11.8 Å². The van der Waals surface area contributed by atoms with Gasteiger partial charge in [-0.2, -0.15) is 0 Å². The lowest BCUT2D eigenvalue weighted by atomic mass is 9.78. The molecule has 0 unspecified atom stereocenters. The summed E-state index contributed by atoms with van der Waals surface area (Å²) in [5.41, 5.74) is 0.317. The molecule has 0 aromatic heterocycles. The summed E-state index contributed by atoms with van der Waals surface area (Å²) in [4.78, 5) is 59.3. The minimum atomic E-state index is -1.38. The summed E-state index contributed by atoms with van der Waals surface area (Å²) >= 11 is 0. The molecule has 4 aliphatic heterocycles. The van der Waals surface area contributed by atoms with Crippen molar-refractivity contribution in [2.75, 3.05) is 26.2 Å². The van der Waals surface area contributed by atoms with Gasteiger partial charge in [0.25, 0.3) is 0 Å². The lowest BCUT2D eigenvalue weighted by Gasteiger charge is -2.35. The first-order chi connectivity index (χ1) is 22.9. The van der Waals surface area contributed by atoms with Crippen LogP contribution in [-0.2, 0) is 35.2 Å². The number of fused-ring (bicyclic) bond motifs is 2. The maximum Gasteiger partial charge on any atom is 0.313 e. The van der Waals surface area contributed by atoms with Gasteiger partial charge in [-0.25, -0.2) is 0 Å². The number of rotatable bonds is 9. The van der Waals surface area contributed by atoms with E-state index in [0.717, 1.165) is 24.0 Å². The number of benzene rings is 2. The average molecular weight is 642 g/mol. The number of carbonyl (C=O) groups excluding carboxylic acids is 4. The molecule has 0 bridgehead atoms. The Hall–Kier alpha value is -4.28. The number of unbranched alkanes of at least 4 members (excludes halogenated alkanes) is 3. The first-order valence-corrected chi connectivity index (χ1v) is 16.7. The van der Waals surface area contributed by atoms with Crippen molar-refractivity contribution in [3.63, 3.8) is 0 Å². The van der Waals surface area contributed by atoms with Gasteiger partial charge in [-0.15, -0.1) is 0 Å². The quantitative estimate of drug-likeness (QED) is 0.244. The fourth-order valence-electron chi connectivity index (χ4n) is 7.39. The predicted octanol–water partition coefficient (Wildman–Crippen LogP) is 3.47. The average Bonchev–Trinajstić information content (AvgIpc) is 3.47. The van der Waals surface area contributed by atoms with E-state index in [1.165, 1.54) is 0 Å². The van der Waals surface area contributed by atoms with Crippen LogP contribution < -0.4 is 5.32 Å². The van der Waals surface area contributed by atoms with Crippen molar-refractivity contribution in [1.82, 2.24) is 15.1 Å². The van der Waals surface area contributed by atoms with Gasteiger partial charge in [0.1, 0.15) is 23.7 Å². The number of ether oxygens (including phenoxy) is 2. The summed E-state index contributed by atoms with van der Waals surface area (Å²) in [5.74, 6) is -3.26. The molecule has 10 nitrogen and oxygen atoms in total. The van der Waals surface area contributed by atoms with Crippen LogP contribution in [0.3, 0.4) is 0 Å². The number of amides is 3. The summed E-state index contributed by atoms with van der Waals surface area (Å²) in [6, 6.07) is 18.0. The van der Waals surface area contributed by atoms with Crippen LogP contribution in [0.15, 0.2) is 85.0 Å². The molecule has 0 saturated carbocycles.